The van der Waals surface area contributed by atoms with Gasteiger partial charge >= 0.3 is 0 Å². The minimum atomic E-state index is 0.727. The fourth-order valence-electron chi connectivity index (χ4n) is 2.03. The summed E-state index contributed by atoms with van der Waals surface area (Å²) in [4.78, 5) is 4.42. The lowest BCUT2D eigenvalue weighted by atomic mass is 10.1. The number of rotatable bonds is 1. The van der Waals surface area contributed by atoms with Crippen LogP contribution in [0.15, 0.2) is 22.6 Å². The van der Waals surface area contributed by atoms with Crippen LogP contribution in [0, 0.1) is 13.8 Å². The Hall–Kier alpha value is -1.77. The van der Waals surface area contributed by atoms with Gasteiger partial charge in [0.2, 0.25) is 5.89 Å². The normalized spacial score (nSPS) is 13.6. The molecule has 0 unspecified atom stereocenters. The van der Waals surface area contributed by atoms with Crippen molar-refractivity contribution in [2.75, 3.05) is 11.9 Å². The highest BCUT2D eigenvalue weighted by atomic mass is 16.4. The topological polar surface area (TPSA) is 38.1 Å². The van der Waals surface area contributed by atoms with Crippen molar-refractivity contribution in [3.05, 3.63) is 35.2 Å². The summed E-state index contributed by atoms with van der Waals surface area (Å²) >= 11 is 0. The molecule has 0 atom stereocenters. The molecule has 82 valence electrons. The van der Waals surface area contributed by atoms with Gasteiger partial charge in [0.15, 0.2) is 0 Å². The van der Waals surface area contributed by atoms with Gasteiger partial charge in [-0.2, -0.15) is 0 Å². The summed E-state index contributed by atoms with van der Waals surface area (Å²) in [7, 11) is 0. The van der Waals surface area contributed by atoms with E-state index in [0.29, 0.717) is 0 Å². The Morgan fingerprint density at radius 3 is 2.94 bits per heavy atom. The monoisotopic (exact) mass is 214 g/mol. The number of fused-ring (bicyclic) bond motifs is 1. The molecule has 0 spiro atoms. The molecule has 0 bridgehead atoms. The molecule has 0 aliphatic carbocycles. The van der Waals surface area contributed by atoms with Crippen LogP contribution in [0.25, 0.3) is 11.5 Å². The molecular formula is C13H14N2O. The summed E-state index contributed by atoms with van der Waals surface area (Å²) in [5, 5.41) is 3.34. The highest BCUT2D eigenvalue weighted by Crippen LogP contribution is 2.28. The molecular weight excluding hydrogens is 200 g/mol. The van der Waals surface area contributed by atoms with E-state index in [1.54, 1.807) is 0 Å². The fraction of sp³-hybridized carbons (Fsp3) is 0.308. The van der Waals surface area contributed by atoms with E-state index < -0.39 is 0 Å². The van der Waals surface area contributed by atoms with E-state index in [2.05, 4.69) is 28.5 Å². The lowest BCUT2D eigenvalue weighted by molar-refractivity contribution is 0.541. The predicted octanol–water partition coefficient (Wildman–Crippen LogP) is 2.93. The maximum absolute atomic E-state index is 5.63. The second-order valence-electron chi connectivity index (χ2n) is 4.21. The standard InChI is InChI=1S/C13H14N2O/c1-8-9(2)16-13(15-8)11-3-4-12-10(7-11)5-6-14-12/h3-4,7,14H,5-6H2,1-2H3. The zero-order valence-corrected chi connectivity index (χ0v) is 9.50. The van der Waals surface area contributed by atoms with Crippen LogP contribution in [-0.2, 0) is 6.42 Å². The Bertz CT molecular complexity index is 523. The molecule has 0 saturated heterocycles. The van der Waals surface area contributed by atoms with Crippen molar-refractivity contribution in [1.82, 2.24) is 4.98 Å². The number of hydrogen-bond acceptors (Lipinski definition) is 3. The lowest BCUT2D eigenvalue weighted by Gasteiger charge is -2.01. The minimum absolute atomic E-state index is 0.727. The molecule has 2 aromatic rings. The summed E-state index contributed by atoms with van der Waals surface area (Å²) in [6, 6.07) is 6.33. The Kier molecular flexibility index (Phi) is 1.99. The molecule has 3 heteroatoms. The first-order chi connectivity index (χ1) is 7.74. The van der Waals surface area contributed by atoms with Gasteiger partial charge in [-0.3, -0.25) is 0 Å². The minimum Gasteiger partial charge on any atom is -0.441 e. The highest BCUT2D eigenvalue weighted by molar-refractivity contribution is 5.65. The van der Waals surface area contributed by atoms with Crippen molar-refractivity contribution in [2.24, 2.45) is 0 Å². The van der Waals surface area contributed by atoms with Gasteiger partial charge in [0.25, 0.3) is 0 Å². The number of nitrogens with one attached hydrogen (secondary N) is 1. The average Bonchev–Trinajstić information content (AvgIpc) is 2.85. The summed E-state index contributed by atoms with van der Waals surface area (Å²) in [6.45, 7) is 4.94. The molecule has 2 heterocycles. The van der Waals surface area contributed by atoms with Gasteiger partial charge < -0.3 is 9.73 Å². The molecule has 1 aliphatic rings. The number of benzene rings is 1. The van der Waals surface area contributed by atoms with Crippen molar-refractivity contribution in [3.63, 3.8) is 0 Å². The average molecular weight is 214 g/mol. The summed E-state index contributed by atoms with van der Waals surface area (Å²) < 4.78 is 5.63. The number of nitrogens with zero attached hydrogens (tertiary/aromatic N) is 1. The predicted molar refractivity (Wildman–Crippen MR) is 63.6 cm³/mol. The quantitative estimate of drug-likeness (QED) is 0.793. The fourth-order valence-corrected chi connectivity index (χ4v) is 2.03. The van der Waals surface area contributed by atoms with E-state index in [1.807, 2.05) is 13.8 Å². The molecule has 1 aliphatic heterocycles. The molecule has 1 aromatic carbocycles. The lowest BCUT2D eigenvalue weighted by Crippen LogP contribution is -1.90. The Labute approximate surface area is 94.5 Å². The number of anilines is 1. The molecule has 0 fully saturated rings. The van der Waals surface area contributed by atoms with Crippen molar-refractivity contribution in [2.45, 2.75) is 20.3 Å². The first-order valence-electron chi connectivity index (χ1n) is 5.55. The van der Waals surface area contributed by atoms with E-state index in [0.717, 1.165) is 35.9 Å². The molecule has 3 nitrogen and oxygen atoms in total. The first-order valence-corrected chi connectivity index (χ1v) is 5.55. The second kappa shape index (κ2) is 3.37. The van der Waals surface area contributed by atoms with Gasteiger partial charge in [-0.15, -0.1) is 0 Å². The Morgan fingerprint density at radius 1 is 1.31 bits per heavy atom. The summed E-state index contributed by atoms with van der Waals surface area (Å²) in [5.41, 5.74) is 4.63. The maximum atomic E-state index is 5.63. The van der Waals surface area contributed by atoms with E-state index in [-0.39, 0.29) is 0 Å². The van der Waals surface area contributed by atoms with Gasteiger partial charge in [-0.05, 0) is 44.0 Å². The van der Waals surface area contributed by atoms with Crippen molar-refractivity contribution in [3.8, 4) is 11.5 Å². The van der Waals surface area contributed by atoms with Gasteiger partial charge in [-0.25, -0.2) is 4.98 Å². The van der Waals surface area contributed by atoms with Crippen LogP contribution in [0.1, 0.15) is 17.0 Å². The highest BCUT2D eigenvalue weighted by Gasteiger charge is 2.13. The van der Waals surface area contributed by atoms with Crippen LogP contribution in [0.4, 0.5) is 5.69 Å². The largest absolute Gasteiger partial charge is 0.441 e. The number of oxazole rings is 1. The third-order valence-electron chi connectivity index (χ3n) is 3.09. The van der Waals surface area contributed by atoms with Crippen LogP contribution in [0.2, 0.25) is 0 Å². The number of aryl methyl sites for hydroxylation is 2. The molecule has 0 amide bonds. The zero-order chi connectivity index (χ0) is 11.1. The first kappa shape index (κ1) is 9.46. The van der Waals surface area contributed by atoms with E-state index in [9.17, 15) is 0 Å². The van der Waals surface area contributed by atoms with E-state index >= 15 is 0 Å². The van der Waals surface area contributed by atoms with Gasteiger partial charge in [0, 0.05) is 17.8 Å². The number of hydrogen-bond donors (Lipinski definition) is 1. The van der Waals surface area contributed by atoms with Crippen LogP contribution in [0.3, 0.4) is 0 Å². The number of aromatic nitrogens is 1. The molecule has 0 saturated carbocycles. The summed E-state index contributed by atoms with van der Waals surface area (Å²) in [6.07, 6.45) is 1.09. The van der Waals surface area contributed by atoms with Crippen molar-refractivity contribution < 1.29 is 4.42 Å². The zero-order valence-electron chi connectivity index (χ0n) is 9.50. The molecule has 3 rings (SSSR count). The van der Waals surface area contributed by atoms with E-state index in [4.69, 9.17) is 4.42 Å². The van der Waals surface area contributed by atoms with Crippen LogP contribution in [0.5, 0.6) is 0 Å². The Balaban J connectivity index is 2.07. The second-order valence-corrected chi connectivity index (χ2v) is 4.21. The molecule has 0 radical (unpaired) electrons. The SMILES string of the molecule is Cc1nc(-c2ccc3c(c2)CCN3)oc1C. The Morgan fingerprint density at radius 2 is 2.19 bits per heavy atom. The van der Waals surface area contributed by atoms with Crippen molar-refractivity contribution in [1.29, 1.82) is 0 Å². The smallest absolute Gasteiger partial charge is 0.226 e. The molecule has 16 heavy (non-hydrogen) atoms. The molecule has 1 aromatic heterocycles. The van der Waals surface area contributed by atoms with E-state index in [1.165, 1.54) is 11.3 Å². The maximum Gasteiger partial charge on any atom is 0.226 e. The molecule has 1 N–H and O–H groups in total. The van der Waals surface area contributed by atoms with Crippen molar-refractivity contribution >= 4 is 5.69 Å². The van der Waals surface area contributed by atoms with Crippen LogP contribution >= 0.6 is 0 Å². The van der Waals surface area contributed by atoms with Crippen LogP contribution < -0.4 is 5.32 Å². The third kappa shape index (κ3) is 1.40. The van der Waals surface area contributed by atoms with Crippen LogP contribution in [-0.4, -0.2) is 11.5 Å². The van der Waals surface area contributed by atoms with Gasteiger partial charge in [-0.1, -0.05) is 0 Å². The van der Waals surface area contributed by atoms with Gasteiger partial charge in [0.05, 0.1) is 5.69 Å². The van der Waals surface area contributed by atoms with Gasteiger partial charge in [0.1, 0.15) is 5.76 Å². The third-order valence-corrected chi connectivity index (χ3v) is 3.09. The summed E-state index contributed by atoms with van der Waals surface area (Å²) in [5.74, 6) is 1.62.